The molecule has 1 aromatic heterocycles. The monoisotopic (exact) mass is 318 g/mol. The van der Waals surface area contributed by atoms with Gasteiger partial charge in [-0.2, -0.15) is 0 Å². The molecule has 0 unspecified atom stereocenters. The van der Waals surface area contributed by atoms with E-state index in [0.29, 0.717) is 29.8 Å². The molecule has 1 heterocycles. The van der Waals surface area contributed by atoms with Gasteiger partial charge in [-0.15, -0.1) is 0 Å². The van der Waals surface area contributed by atoms with E-state index in [-0.39, 0.29) is 16.9 Å². The lowest BCUT2D eigenvalue weighted by atomic mass is 10.1. The number of methoxy groups -OCH3 is 2. The molecule has 0 bridgehead atoms. The minimum absolute atomic E-state index is 0.139. The summed E-state index contributed by atoms with van der Waals surface area (Å²) in [7, 11) is 4.89. The van der Waals surface area contributed by atoms with E-state index in [1.807, 2.05) is 0 Å². The summed E-state index contributed by atoms with van der Waals surface area (Å²) in [5.74, 6) is 0.300. The van der Waals surface area contributed by atoms with Gasteiger partial charge < -0.3 is 19.4 Å². The summed E-state index contributed by atoms with van der Waals surface area (Å²) in [5.41, 5.74) is 0.529. The minimum atomic E-state index is -0.286. The molecule has 1 amide bonds. The normalized spacial score (nSPS) is 10.7. The number of aromatic nitrogens is 1. The van der Waals surface area contributed by atoms with Crippen LogP contribution in [-0.4, -0.2) is 50.2 Å². The quantitative estimate of drug-likeness (QED) is 0.793. The van der Waals surface area contributed by atoms with E-state index in [1.54, 1.807) is 37.3 Å². The number of unbranched alkanes of at least 4 members (excludes halogenated alkanes) is 1. The summed E-state index contributed by atoms with van der Waals surface area (Å²) in [6.07, 6.45) is 3.18. The third-order valence-corrected chi connectivity index (χ3v) is 3.76. The van der Waals surface area contributed by atoms with Gasteiger partial charge in [0.15, 0.2) is 0 Å². The highest BCUT2D eigenvalue weighted by Crippen LogP contribution is 2.17. The standard InChI is InChI=1S/C17H22N2O4/c1-19(8-4-5-9-22-2)17(21)14-11-18-15-7-6-12(23-3)10-13(15)16(14)20/h6-7,10-11H,4-5,8-9H2,1-3H3,(H,18,20). The van der Waals surface area contributed by atoms with Gasteiger partial charge >= 0.3 is 0 Å². The second-order valence-corrected chi connectivity index (χ2v) is 5.37. The van der Waals surface area contributed by atoms with E-state index in [9.17, 15) is 9.59 Å². The zero-order valence-corrected chi connectivity index (χ0v) is 13.7. The Bertz CT molecular complexity index is 739. The van der Waals surface area contributed by atoms with Gasteiger partial charge in [-0.1, -0.05) is 0 Å². The number of nitrogens with one attached hydrogen (secondary N) is 1. The number of carbonyl (C=O) groups excluding carboxylic acids is 1. The van der Waals surface area contributed by atoms with E-state index >= 15 is 0 Å². The maximum atomic E-state index is 12.6. The molecular weight excluding hydrogens is 296 g/mol. The molecule has 124 valence electrons. The third-order valence-electron chi connectivity index (χ3n) is 3.76. The van der Waals surface area contributed by atoms with Crippen LogP contribution >= 0.6 is 0 Å². The highest BCUT2D eigenvalue weighted by atomic mass is 16.5. The summed E-state index contributed by atoms with van der Waals surface area (Å²) in [6.45, 7) is 1.25. The molecule has 0 aliphatic heterocycles. The van der Waals surface area contributed by atoms with Crippen LogP contribution in [0.2, 0.25) is 0 Å². The van der Waals surface area contributed by atoms with Crippen molar-refractivity contribution in [1.29, 1.82) is 0 Å². The number of carbonyl (C=O) groups is 1. The second-order valence-electron chi connectivity index (χ2n) is 5.37. The van der Waals surface area contributed by atoms with Gasteiger partial charge in [-0.3, -0.25) is 9.59 Å². The number of ether oxygens (including phenoxy) is 2. The van der Waals surface area contributed by atoms with Crippen molar-refractivity contribution in [1.82, 2.24) is 9.88 Å². The Labute approximate surface area is 135 Å². The van der Waals surface area contributed by atoms with Gasteiger partial charge in [-0.25, -0.2) is 0 Å². The number of hydrogen-bond acceptors (Lipinski definition) is 4. The van der Waals surface area contributed by atoms with Gasteiger partial charge in [0, 0.05) is 44.4 Å². The fourth-order valence-corrected chi connectivity index (χ4v) is 2.39. The van der Waals surface area contributed by atoms with E-state index in [0.717, 1.165) is 12.8 Å². The van der Waals surface area contributed by atoms with Crippen LogP contribution in [0.4, 0.5) is 0 Å². The fraction of sp³-hybridized carbons (Fsp3) is 0.412. The van der Waals surface area contributed by atoms with E-state index in [4.69, 9.17) is 9.47 Å². The number of aromatic amines is 1. The van der Waals surface area contributed by atoms with Crippen molar-refractivity contribution in [2.45, 2.75) is 12.8 Å². The molecule has 2 aromatic rings. The highest BCUT2D eigenvalue weighted by Gasteiger charge is 2.17. The average Bonchev–Trinajstić information content (AvgIpc) is 2.58. The average molecular weight is 318 g/mol. The van der Waals surface area contributed by atoms with Crippen molar-refractivity contribution in [3.63, 3.8) is 0 Å². The van der Waals surface area contributed by atoms with Crippen molar-refractivity contribution in [3.8, 4) is 5.75 Å². The maximum absolute atomic E-state index is 12.6. The van der Waals surface area contributed by atoms with Gasteiger partial charge in [0.1, 0.15) is 11.3 Å². The second kappa shape index (κ2) is 7.78. The fourth-order valence-electron chi connectivity index (χ4n) is 2.39. The smallest absolute Gasteiger partial charge is 0.259 e. The Kier molecular flexibility index (Phi) is 5.76. The van der Waals surface area contributed by atoms with Crippen LogP contribution in [0.1, 0.15) is 23.2 Å². The number of fused-ring (bicyclic) bond motifs is 1. The topological polar surface area (TPSA) is 71.6 Å². The van der Waals surface area contributed by atoms with Gasteiger partial charge in [-0.05, 0) is 31.0 Å². The van der Waals surface area contributed by atoms with E-state index in [1.165, 1.54) is 13.3 Å². The number of benzene rings is 1. The molecule has 0 atom stereocenters. The molecule has 2 rings (SSSR count). The summed E-state index contributed by atoms with van der Waals surface area (Å²) < 4.78 is 10.1. The predicted molar refractivity (Wildman–Crippen MR) is 89.2 cm³/mol. The number of rotatable bonds is 7. The summed E-state index contributed by atoms with van der Waals surface area (Å²) in [4.78, 5) is 29.6. The Hall–Kier alpha value is -2.34. The van der Waals surface area contributed by atoms with Crippen molar-refractivity contribution in [3.05, 3.63) is 40.2 Å². The molecular formula is C17H22N2O4. The number of nitrogens with zero attached hydrogens (tertiary/aromatic N) is 1. The van der Waals surface area contributed by atoms with Crippen LogP contribution in [0, 0.1) is 0 Å². The van der Waals surface area contributed by atoms with E-state index in [2.05, 4.69) is 4.98 Å². The Morgan fingerprint density at radius 2 is 2.04 bits per heavy atom. The molecule has 0 aliphatic rings. The van der Waals surface area contributed by atoms with E-state index < -0.39 is 0 Å². The van der Waals surface area contributed by atoms with Gasteiger partial charge in [0.25, 0.3) is 5.91 Å². The van der Waals surface area contributed by atoms with Crippen LogP contribution in [0.25, 0.3) is 10.9 Å². The number of H-pyrrole nitrogens is 1. The zero-order valence-electron chi connectivity index (χ0n) is 13.7. The molecule has 0 saturated heterocycles. The molecule has 1 N–H and O–H groups in total. The molecule has 0 radical (unpaired) electrons. The molecule has 6 nitrogen and oxygen atoms in total. The van der Waals surface area contributed by atoms with Crippen molar-refractivity contribution in [2.24, 2.45) is 0 Å². The minimum Gasteiger partial charge on any atom is -0.497 e. The lowest BCUT2D eigenvalue weighted by molar-refractivity contribution is 0.0787. The lowest BCUT2D eigenvalue weighted by Crippen LogP contribution is -2.32. The van der Waals surface area contributed by atoms with Crippen molar-refractivity contribution < 1.29 is 14.3 Å². The van der Waals surface area contributed by atoms with Crippen molar-refractivity contribution in [2.75, 3.05) is 34.4 Å². The molecule has 0 spiro atoms. The molecule has 6 heteroatoms. The molecule has 1 aromatic carbocycles. The van der Waals surface area contributed by atoms with Crippen LogP contribution in [0.3, 0.4) is 0 Å². The maximum Gasteiger partial charge on any atom is 0.259 e. The summed E-state index contributed by atoms with van der Waals surface area (Å²) >= 11 is 0. The first kappa shape index (κ1) is 17.0. The Balaban J connectivity index is 2.23. The van der Waals surface area contributed by atoms with Gasteiger partial charge in [0.05, 0.1) is 7.11 Å². The Morgan fingerprint density at radius 3 is 2.74 bits per heavy atom. The zero-order chi connectivity index (χ0) is 16.8. The van der Waals surface area contributed by atoms with Crippen LogP contribution in [-0.2, 0) is 4.74 Å². The largest absolute Gasteiger partial charge is 0.497 e. The highest BCUT2D eigenvalue weighted by molar-refractivity contribution is 5.97. The number of hydrogen-bond donors (Lipinski definition) is 1. The first-order valence-electron chi connectivity index (χ1n) is 7.52. The van der Waals surface area contributed by atoms with Crippen LogP contribution in [0.5, 0.6) is 5.75 Å². The Morgan fingerprint density at radius 1 is 1.26 bits per heavy atom. The third kappa shape index (κ3) is 3.90. The lowest BCUT2D eigenvalue weighted by Gasteiger charge is -2.17. The SMILES string of the molecule is COCCCCN(C)C(=O)c1c[nH]c2ccc(OC)cc2c1=O. The molecule has 0 fully saturated rings. The number of amides is 1. The van der Waals surface area contributed by atoms with Crippen LogP contribution < -0.4 is 10.2 Å². The first-order chi connectivity index (χ1) is 11.1. The first-order valence-corrected chi connectivity index (χ1v) is 7.52. The molecule has 23 heavy (non-hydrogen) atoms. The summed E-state index contributed by atoms with van der Waals surface area (Å²) in [5, 5.41) is 0.447. The predicted octanol–water partition coefficient (Wildman–Crippen LogP) is 2.04. The molecule has 0 aliphatic carbocycles. The molecule has 0 saturated carbocycles. The van der Waals surface area contributed by atoms with Crippen molar-refractivity contribution >= 4 is 16.8 Å². The van der Waals surface area contributed by atoms with Gasteiger partial charge in [0.2, 0.25) is 5.43 Å². The number of pyridine rings is 1. The van der Waals surface area contributed by atoms with Crippen LogP contribution in [0.15, 0.2) is 29.2 Å². The summed E-state index contributed by atoms with van der Waals surface area (Å²) in [6, 6.07) is 5.17.